The number of allylic oxidation sites excluding steroid dienone is 8. The second kappa shape index (κ2) is 20.8. The fourth-order valence-electron chi connectivity index (χ4n) is 3.38. The number of hydrogen-bond acceptors (Lipinski definition) is 6. The fourth-order valence-corrected chi connectivity index (χ4v) is 3.64. The third-order valence-electron chi connectivity index (χ3n) is 5.33. The van der Waals surface area contributed by atoms with Crippen molar-refractivity contribution in [3.05, 3.63) is 96.0 Å². The van der Waals surface area contributed by atoms with Gasteiger partial charge in [0.15, 0.2) is 12.2 Å². The normalized spacial score (nSPS) is 14.5. The van der Waals surface area contributed by atoms with E-state index in [1.807, 2.05) is 32.9 Å². The number of ether oxygens (including phenoxy) is 1. The molecule has 0 radical (unpaired) electrons. The first kappa shape index (κ1) is 35.9. The highest BCUT2D eigenvalue weighted by atomic mass is 32.1. The van der Waals surface area contributed by atoms with Crippen molar-refractivity contribution in [3.8, 4) is 0 Å². The summed E-state index contributed by atoms with van der Waals surface area (Å²) in [6.07, 6.45) is 9.36. The topological polar surface area (TPSA) is 99.1 Å². The number of amides is 2. The first-order valence-corrected chi connectivity index (χ1v) is 13.2. The van der Waals surface area contributed by atoms with Crippen molar-refractivity contribution < 1.29 is 28.9 Å². The zero-order valence-corrected chi connectivity index (χ0v) is 24.1. The molecule has 3 N–H and O–H groups in total. The van der Waals surface area contributed by atoms with Gasteiger partial charge >= 0.3 is 0 Å². The number of halogens is 1. The molecule has 0 saturated carbocycles. The van der Waals surface area contributed by atoms with Crippen molar-refractivity contribution in [3.63, 3.8) is 0 Å². The minimum absolute atomic E-state index is 0.0320. The maximum Gasteiger partial charge on any atom is 0.254 e. The van der Waals surface area contributed by atoms with Crippen LogP contribution in [0.2, 0.25) is 0 Å². The van der Waals surface area contributed by atoms with Gasteiger partial charge in [0.05, 0.1) is 12.9 Å². The summed E-state index contributed by atoms with van der Waals surface area (Å²) in [5.74, 6) is -1.12. The summed E-state index contributed by atoms with van der Waals surface area (Å²) < 4.78 is 18.0. The Morgan fingerprint density at radius 1 is 1.18 bits per heavy atom. The number of unbranched alkanes of at least 4 members (excludes halogenated alkanes) is 1. The molecule has 2 amide bonds. The van der Waals surface area contributed by atoms with Crippen LogP contribution < -0.4 is 5.32 Å². The van der Waals surface area contributed by atoms with Gasteiger partial charge in [-0.15, -0.1) is 12.6 Å². The minimum atomic E-state index is -2.00. The molecule has 0 spiro atoms. The summed E-state index contributed by atoms with van der Waals surface area (Å²) in [5.41, 5.74) is 2.09. The SMILES string of the molecule is C=C/C(=C\C=C\F)CN(CCCC)C(=O)C(O)C(O)C(=O)NC/C(S)=C/C(=C)CC(/C=C\C)=C(/C=C)OCC. The molecule has 0 fully saturated rings. The van der Waals surface area contributed by atoms with Gasteiger partial charge in [-0.2, -0.15) is 0 Å². The number of nitrogens with one attached hydrogen (secondary N) is 1. The van der Waals surface area contributed by atoms with Crippen LogP contribution in [0, 0.1) is 0 Å². The quantitative estimate of drug-likeness (QED) is 0.102. The molecule has 0 aliphatic heterocycles. The van der Waals surface area contributed by atoms with Crippen molar-refractivity contribution in [2.45, 2.75) is 52.2 Å². The lowest BCUT2D eigenvalue weighted by molar-refractivity contribution is -0.152. The van der Waals surface area contributed by atoms with Gasteiger partial charge in [0, 0.05) is 31.0 Å². The summed E-state index contributed by atoms with van der Waals surface area (Å²) >= 11 is 4.38. The molecule has 7 nitrogen and oxygen atoms in total. The molecular formula is C30H43FN2O5S. The summed E-state index contributed by atoms with van der Waals surface area (Å²) in [5, 5.41) is 23.3. The lowest BCUT2D eigenvalue weighted by atomic mass is 10.0. The molecule has 2 unspecified atom stereocenters. The molecular weight excluding hydrogens is 519 g/mol. The van der Waals surface area contributed by atoms with Crippen molar-refractivity contribution in [2.75, 3.05) is 26.2 Å². The number of aliphatic hydroxyl groups excluding tert-OH is 2. The second-order valence-electron chi connectivity index (χ2n) is 8.48. The molecule has 2 atom stereocenters. The average molecular weight is 563 g/mol. The first-order chi connectivity index (χ1) is 18.6. The van der Waals surface area contributed by atoms with E-state index in [1.54, 1.807) is 12.2 Å². The average Bonchev–Trinajstić information content (AvgIpc) is 2.92. The minimum Gasteiger partial charge on any atom is -0.494 e. The molecule has 0 rings (SSSR count). The van der Waals surface area contributed by atoms with E-state index in [-0.39, 0.29) is 19.6 Å². The van der Waals surface area contributed by atoms with E-state index in [0.717, 1.165) is 18.1 Å². The maximum absolute atomic E-state index is 12.9. The van der Waals surface area contributed by atoms with Crippen LogP contribution in [0.1, 0.15) is 40.0 Å². The number of carbonyl (C=O) groups is 2. The first-order valence-electron chi connectivity index (χ1n) is 12.8. The molecule has 0 aromatic rings. The zero-order chi connectivity index (χ0) is 29.8. The van der Waals surface area contributed by atoms with Gasteiger partial charge < -0.3 is 25.2 Å². The van der Waals surface area contributed by atoms with Crippen LogP contribution in [-0.2, 0) is 14.3 Å². The Balaban J connectivity index is 5.34. The number of thiol groups is 1. The van der Waals surface area contributed by atoms with Crippen molar-refractivity contribution >= 4 is 24.4 Å². The molecule has 0 saturated heterocycles. The zero-order valence-electron chi connectivity index (χ0n) is 23.2. The number of carbonyl (C=O) groups excluding carboxylic acids is 2. The summed E-state index contributed by atoms with van der Waals surface area (Å²) in [4.78, 5) is 27.2. The van der Waals surface area contributed by atoms with E-state index in [4.69, 9.17) is 4.74 Å². The molecule has 0 heterocycles. The molecule has 0 aromatic heterocycles. The van der Waals surface area contributed by atoms with E-state index in [0.29, 0.717) is 47.6 Å². The van der Waals surface area contributed by atoms with Gasteiger partial charge in [0.25, 0.3) is 11.8 Å². The summed E-state index contributed by atoms with van der Waals surface area (Å²) in [7, 11) is 0. The third-order valence-corrected chi connectivity index (χ3v) is 5.62. The highest BCUT2D eigenvalue weighted by Crippen LogP contribution is 2.20. The van der Waals surface area contributed by atoms with Crippen LogP contribution in [-0.4, -0.2) is 65.4 Å². The highest BCUT2D eigenvalue weighted by molar-refractivity contribution is 7.84. The molecule has 9 heteroatoms. The predicted octanol–water partition coefficient (Wildman–Crippen LogP) is 4.86. The van der Waals surface area contributed by atoms with E-state index < -0.39 is 24.0 Å². The molecule has 0 aliphatic rings. The fraction of sp³-hybridized carbons (Fsp3) is 0.400. The number of aliphatic hydroxyl groups is 2. The Morgan fingerprint density at radius 3 is 2.41 bits per heavy atom. The Labute approximate surface area is 237 Å². The molecule has 0 aromatic carbocycles. The van der Waals surface area contributed by atoms with E-state index in [1.165, 1.54) is 17.1 Å². The predicted molar refractivity (Wildman–Crippen MR) is 160 cm³/mol. The van der Waals surface area contributed by atoms with Crippen molar-refractivity contribution in [1.82, 2.24) is 10.2 Å². The summed E-state index contributed by atoms with van der Waals surface area (Å²) in [6.45, 7) is 17.9. The Morgan fingerprint density at radius 2 is 1.87 bits per heavy atom. The largest absolute Gasteiger partial charge is 0.494 e. The Kier molecular flexibility index (Phi) is 19.1. The number of hydrogen-bond donors (Lipinski definition) is 4. The van der Waals surface area contributed by atoms with Gasteiger partial charge in [-0.05, 0) is 55.2 Å². The van der Waals surface area contributed by atoms with Crippen LogP contribution >= 0.6 is 12.6 Å². The van der Waals surface area contributed by atoms with Crippen LogP contribution in [0.5, 0.6) is 0 Å². The van der Waals surface area contributed by atoms with Gasteiger partial charge in [0.1, 0.15) is 5.76 Å². The van der Waals surface area contributed by atoms with Gasteiger partial charge in [0.2, 0.25) is 0 Å². The lowest BCUT2D eigenvalue weighted by Crippen LogP contribution is -2.51. The summed E-state index contributed by atoms with van der Waals surface area (Å²) in [6, 6.07) is 0. The molecule has 0 aliphatic carbocycles. The Hall–Kier alpha value is -3.14. The van der Waals surface area contributed by atoms with E-state index in [2.05, 4.69) is 37.7 Å². The maximum atomic E-state index is 12.9. The van der Waals surface area contributed by atoms with E-state index >= 15 is 0 Å². The van der Waals surface area contributed by atoms with Crippen molar-refractivity contribution in [2.24, 2.45) is 0 Å². The van der Waals surface area contributed by atoms with Crippen LogP contribution in [0.15, 0.2) is 96.0 Å². The van der Waals surface area contributed by atoms with Crippen molar-refractivity contribution in [1.29, 1.82) is 0 Å². The second-order valence-corrected chi connectivity index (χ2v) is 9.06. The lowest BCUT2D eigenvalue weighted by Gasteiger charge is -2.27. The number of rotatable bonds is 19. The smallest absolute Gasteiger partial charge is 0.254 e. The number of nitrogens with zero attached hydrogens (tertiary/aromatic N) is 1. The van der Waals surface area contributed by atoms with Gasteiger partial charge in [-0.1, -0.05) is 57.4 Å². The van der Waals surface area contributed by atoms with Crippen LogP contribution in [0.4, 0.5) is 4.39 Å². The van der Waals surface area contributed by atoms with Gasteiger partial charge in [-0.25, -0.2) is 4.39 Å². The monoisotopic (exact) mass is 562 g/mol. The van der Waals surface area contributed by atoms with Crippen LogP contribution in [0.25, 0.3) is 0 Å². The highest BCUT2D eigenvalue weighted by Gasteiger charge is 2.33. The molecule has 0 bridgehead atoms. The third kappa shape index (κ3) is 14.0. The van der Waals surface area contributed by atoms with Gasteiger partial charge in [-0.3, -0.25) is 9.59 Å². The van der Waals surface area contributed by atoms with Crippen LogP contribution in [0.3, 0.4) is 0 Å². The molecule has 39 heavy (non-hydrogen) atoms. The Bertz CT molecular complexity index is 997. The molecule has 216 valence electrons. The standard InChI is InChI=1S/C30H43FN2O5S/c1-7-12-17-33(21-23(9-3)15-13-16-31)30(37)28(35)27(34)29(36)32-20-25(39)19-22(6)18-24(14-8-2)26(10-4)38-11-5/h8-10,13-16,19,27-28,34-35,39H,3-4,6-7,11-12,17-18,20-21H2,1-2,5H3,(H,32,36)/b14-8-,16-13+,23-15+,25-19-,26-24-. The van der Waals surface area contributed by atoms with E-state index in [9.17, 15) is 24.2 Å².